The zero-order valence-electron chi connectivity index (χ0n) is 14.4. The van der Waals surface area contributed by atoms with Crippen LogP contribution in [0.2, 0.25) is 0 Å². The van der Waals surface area contributed by atoms with Crippen LogP contribution in [0.4, 0.5) is 0 Å². The third kappa shape index (κ3) is 2.75. The second-order valence-electron chi connectivity index (χ2n) is 6.30. The number of aromatic amines is 1. The number of carbonyl (C=O) groups is 2. The summed E-state index contributed by atoms with van der Waals surface area (Å²) in [5.74, 6) is -0.684. The second-order valence-corrected chi connectivity index (χ2v) is 6.30. The summed E-state index contributed by atoms with van der Waals surface area (Å²) in [4.78, 5) is 34.2. The fraction of sp³-hybridized carbons (Fsp3) is 0.316. The first-order valence-electron chi connectivity index (χ1n) is 8.63. The lowest BCUT2D eigenvalue weighted by molar-refractivity contribution is -0.137. The quantitative estimate of drug-likeness (QED) is 0.518. The molecule has 4 heterocycles. The topological polar surface area (TPSA) is 84.5 Å². The molecular formula is C19H19N3O4. The van der Waals surface area contributed by atoms with Crippen molar-refractivity contribution < 1.29 is 19.1 Å². The molecule has 2 aromatic rings. The number of ether oxygens (including phenoxy) is 2. The fourth-order valence-electron chi connectivity index (χ4n) is 3.36. The van der Waals surface area contributed by atoms with Crippen molar-refractivity contribution in [2.75, 3.05) is 20.2 Å². The summed E-state index contributed by atoms with van der Waals surface area (Å²) in [7, 11) is 1.27. The van der Waals surface area contributed by atoms with Crippen molar-refractivity contribution in [3.8, 4) is 0 Å². The van der Waals surface area contributed by atoms with E-state index in [1.807, 2.05) is 17.0 Å². The number of esters is 1. The molecule has 0 radical (unpaired) electrons. The van der Waals surface area contributed by atoms with E-state index in [4.69, 9.17) is 9.47 Å². The van der Waals surface area contributed by atoms with Crippen LogP contribution in [0, 0.1) is 0 Å². The molecular weight excluding hydrogens is 334 g/mol. The van der Waals surface area contributed by atoms with Gasteiger partial charge in [-0.3, -0.25) is 4.79 Å². The molecule has 1 N–H and O–H groups in total. The number of rotatable bonds is 3. The van der Waals surface area contributed by atoms with E-state index in [0.717, 1.165) is 48.9 Å². The molecule has 2 aliphatic rings. The number of hydrogen-bond acceptors (Lipinski definition) is 6. The smallest absolute Gasteiger partial charge is 0.347 e. The lowest BCUT2D eigenvalue weighted by Crippen LogP contribution is -2.31. The van der Waals surface area contributed by atoms with Crippen LogP contribution in [-0.2, 0) is 19.1 Å². The van der Waals surface area contributed by atoms with Crippen LogP contribution in [0.3, 0.4) is 0 Å². The van der Waals surface area contributed by atoms with Gasteiger partial charge in [-0.15, -0.1) is 0 Å². The zero-order chi connectivity index (χ0) is 18.1. The predicted octanol–water partition coefficient (Wildman–Crippen LogP) is 2.37. The lowest BCUT2D eigenvalue weighted by Gasteiger charge is -2.28. The number of aromatic nitrogens is 2. The highest BCUT2D eigenvalue weighted by atomic mass is 16.5. The molecule has 26 heavy (non-hydrogen) atoms. The first kappa shape index (κ1) is 16.4. The van der Waals surface area contributed by atoms with Gasteiger partial charge < -0.3 is 19.4 Å². The standard InChI is InChI=1S/C19H19N3O4/c1-25-19(24)15-16(23)14(26-18(15)22-8-3-2-4-9-22)10-12-11-21-17-13(12)6-5-7-20-17/h5-7,10-11H,2-4,8-9H2,1H3,(H,20,21). The number of H-pyrrole nitrogens is 1. The maximum Gasteiger partial charge on any atom is 0.347 e. The molecule has 7 heteroatoms. The molecule has 1 saturated heterocycles. The van der Waals surface area contributed by atoms with E-state index in [1.54, 1.807) is 18.5 Å². The first-order valence-corrected chi connectivity index (χ1v) is 8.63. The first-order chi connectivity index (χ1) is 12.7. The summed E-state index contributed by atoms with van der Waals surface area (Å²) in [6, 6.07) is 3.73. The minimum absolute atomic E-state index is 0.0291. The van der Waals surface area contributed by atoms with Crippen LogP contribution in [0.1, 0.15) is 24.8 Å². The van der Waals surface area contributed by atoms with Gasteiger partial charge in [-0.2, -0.15) is 0 Å². The summed E-state index contributed by atoms with van der Waals surface area (Å²) in [6.07, 6.45) is 8.24. The van der Waals surface area contributed by atoms with Gasteiger partial charge in [0.15, 0.2) is 11.3 Å². The van der Waals surface area contributed by atoms with Gasteiger partial charge in [-0.25, -0.2) is 9.78 Å². The van der Waals surface area contributed by atoms with Crippen molar-refractivity contribution >= 4 is 28.9 Å². The van der Waals surface area contributed by atoms with Crippen molar-refractivity contribution in [3.63, 3.8) is 0 Å². The second kappa shape index (κ2) is 6.67. The monoisotopic (exact) mass is 353 g/mol. The average molecular weight is 353 g/mol. The predicted molar refractivity (Wildman–Crippen MR) is 94.6 cm³/mol. The summed E-state index contributed by atoms with van der Waals surface area (Å²) in [5, 5.41) is 0.877. The van der Waals surface area contributed by atoms with Crippen LogP contribution < -0.4 is 0 Å². The molecule has 0 aliphatic carbocycles. The molecule has 0 spiro atoms. The maximum atomic E-state index is 12.8. The van der Waals surface area contributed by atoms with Gasteiger partial charge in [-0.1, -0.05) is 0 Å². The number of pyridine rings is 1. The van der Waals surface area contributed by atoms with E-state index < -0.39 is 11.8 Å². The summed E-state index contributed by atoms with van der Waals surface area (Å²) in [6.45, 7) is 1.51. The zero-order valence-corrected chi connectivity index (χ0v) is 14.4. The molecule has 2 aliphatic heterocycles. The van der Waals surface area contributed by atoms with E-state index in [9.17, 15) is 9.59 Å². The Morgan fingerprint density at radius 1 is 1.35 bits per heavy atom. The highest BCUT2D eigenvalue weighted by Gasteiger charge is 2.39. The number of fused-ring (bicyclic) bond motifs is 1. The number of hydrogen-bond donors (Lipinski definition) is 1. The molecule has 0 atom stereocenters. The maximum absolute atomic E-state index is 12.8. The molecule has 2 aromatic heterocycles. The van der Waals surface area contributed by atoms with E-state index in [2.05, 4.69) is 9.97 Å². The number of likely N-dealkylation sites (tertiary alicyclic amines) is 1. The Bertz CT molecular complexity index is 935. The highest BCUT2D eigenvalue weighted by Crippen LogP contribution is 2.32. The molecule has 134 valence electrons. The number of nitrogens with zero attached hydrogens (tertiary/aromatic N) is 2. The Hall–Kier alpha value is -3.09. The van der Waals surface area contributed by atoms with Gasteiger partial charge >= 0.3 is 5.97 Å². The minimum Gasteiger partial charge on any atom is -0.465 e. The van der Waals surface area contributed by atoms with Crippen molar-refractivity contribution in [3.05, 3.63) is 47.3 Å². The fourth-order valence-corrected chi connectivity index (χ4v) is 3.36. The van der Waals surface area contributed by atoms with Crippen molar-refractivity contribution in [1.29, 1.82) is 0 Å². The lowest BCUT2D eigenvalue weighted by atomic mass is 10.1. The molecule has 0 bridgehead atoms. The SMILES string of the molecule is COC(=O)C1=C(N2CCCCC2)OC(=Cc2c[nH]c3ncccc23)C1=O. The van der Waals surface area contributed by atoms with Crippen molar-refractivity contribution in [2.45, 2.75) is 19.3 Å². The Morgan fingerprint density at radius 2 is 2.15 bits per heavy atom. The van der Waals surface area contributed by atoms with Gasteiger partial charge in [0, 0.05) is 36.4 Å². The van der Waals surface area contributed by atoms with E-state index >= 15 is 0 Å². The Labute approximate surface area is 150 Å². The number of Topliss-reactive ketones (excluding diaryl/α,β-unsaturated/α-hetero) is 1. The number of carbonyl (C=O) groups excluding carboxylic acids is 2. The van der Waals surface area contributed by atoms with E-state index in [1.165, 1.54) is 7.11 Å². The van der Waals surface area contributed by atoms with Crippen LogP contribution in [-0.4, -0.2) is 46.8 Å². The molecule has 0 amide bonds. The highest BCUT2D eigenvalue weighted by molar-refractivity contribution is 6.26. The summed E-state index contributed by atoms with van der Waals surface area (Å²) >= 11 is 0. The van der Waals surface area contributed by atoms with E-state index in [-0.39, 0.29) is 11.3 Å². The van der Waals surface area contributed by atoms with Crippen LogP contribution in [0.25, 0.3) is 17.1 Å². The van der Waals surface area contributed by atoms with Gasteiger partial charge in [0.05, 0.1) is 7.11 Å². The Morgan fingerprint density at radius 3 is 2.92 bits per heavy atom. The molecule has 7 nitrogen and oxygen atoms in total. The van der Waals surface area contributed by atoms with Gasteiger partial charge in [0.2, 0.25) is 11.7 Å². The minimum atomic E-state index is -0.667. The van der Waals surface area contributed by atoms with Crippen LogP contribution >= 0.6 is 0 Å². The number of nitrogens with one attached hydrogen (secondary N) is 1. The molecule has 0 unspecified atom stereocenters. The van der Waals surface area contributed by atoms with Crippen molar-refractivity contribution in [1.82, 2.24) is 14.9 Å². The third-order valence-electron chi connectivity index (χ3n) is 4.67. The molecule has 4 rings (SSSR count). The van der Waals surface area contributed by atoms with Gasteiger partial charge in [0.1, 0.15) is 5.65 Å². The Kier molecular flexibility index (Phi) is 4.20. The largest absolute Gasteiger partial charge is 0.465 e. The number of ketones is 1. The van der Waals surface area contributed by atoms with E-state index in [0.29, 0.717) is 5.88 Å². The van der Waals surface area contributed by atoms with Crippen LogP contribution in [0.15, 0.2) is 41.7 Å². The summed E-state index contributed by atoms with van der Waals surface area (Å²) < 4.78 is 10.7. The Balaban J connectivity index is 1.72. The summed E-state index contributed by atoms with van der Waals surface area (Å²) in [5.41, 5.74) is 1.47. The van der Waals surface area contributed by atoms with Gasteiger partial charge in [-0.05, 0) is 37.5 Å². The van der Waals surface area contributed by atoms with Crippen molar-refractivity contribution in [2.24, 2.45) is 0 Å². The van der Waals surface area contributed by atoms with Gasteiger partial charge in [0.25, 0.3) is 0 Å². The number of allylic oxidation sites excluding steroid dienone is 1. The number of methoxy groups -OCH3 is 1. The average Bonchev–Trinajstić information content (AvgIpc) is 3.24. The normalized spacial score (nSPS) is 19.3. The molecule has 1 fully saturated rings. The third-order valence-corrected chi connectivity index (χ3v) is 4.67. The number of piperidine rings is 1. The van der Waals surface area contributed by atoms with Crippen LogP contribution in [0.5, 0.6) is 0 Å². The molecule has 0 saturated carbocycles. The molecule has 0 aromatic carbocycles.